The lowest BCUT2D eigenvalue weighted by molar-refractivity contribution is 0.122. The van der Waals surface area contributed by atoms with Crippen LogP contribution in [-0.4, -0.2) is 52.9 Å². The highest BCUT2D eigenvalue weighted by Crippen LogP contribution is 2.34. The summed E-state index contributed by atoms with van der Waals surface area (Å²) in [6.45, 7) is 3.83. The van der Waals surface area contributed by atoms with Gasteiger partial charge in [-0.25, -0.2) is 9.97 Å². The molecular weight excluding hydrogens is 378 g/mol. The number of fused-ring (bicyclic) bond motifs is 1. The molecule has 7 nitrogen and oxygen atoms in total. The lowest BCUT2D eigenvalue weighted by Crippen LogP contribution is -2.36. The number of morpholine rings is 1. The minimum atomic E-state index is 0.574. The summed E-state index contributed by atoms with van der Waals surface area (Å²) in [4.78, 5) is 15.8. The highest BCUT2D eigenvalue weighted by Gasteiger charge is 2.20. The van der Waals surface area contributed by atoms with Gasteiger partial charge in [-0.2, -0.15) is 0 Å². The van der Waals surface area contributed by atoms with Crippen molar-refractivity contribution in [1.29, 1.82) is 0 Å². The van der Waals surface area contributed by atoms with Gasteiger partial charge in [0.05, 0.1) is 37.1 Å². The highest BCUT2D eigenvalue weighted by atomic mass is 16.5. The molecule has 1 saturated heterocycles. The summed E-state index contributed by atoms with van der Waals surface area (Å²) in [6, 6.07) is 12.3. The van der Waals surface area contributed by atoms with Crippen LogP contribution in [0.25, 0.3) is 22.2 Å². The molecule has 4 aromatic rings. The summed E-state index contributed by atoms with van der Waals surface area (Å²) in [7, 11) is 1.64. The Balaban J connectivity index is 1.67. The van der Waals surface area contributed by atoms with E-state index >= 15 is 0 Å². The van der Waals surface area contributed by atoms with Crippen LogP contribution in [0.2, 0.25) is 0 Å². The van der Waals surface area contributed by atoms with E-state index in [9.17, 15) is 0 Å². The van der Waals surface area contributed by atoms with E-state index in [1.807, 2.05) is 36.7 Å². The minimum Gasteiger partial charge on any atom is -0.481 e. The molecule has 0 saturated carbocycles. The minimum absolute atomic E-state index is 0.574. The van der Waals surface area contributed by atoms with Crippen LogP contribution in [0.3, 0.4) is 0 Å². The van der Waals surface area contributed by atoms with E-state index < -0.39 is 0 Å². The average Bonchev–Trinajstić information content (AvgIpc) is 3.22. The zero-order valence-corrected chi connectivity index (χ0v) is 16.9. The molecule has 1 aliphatic rings. The van der Waals surface area contributed by atoms with Crippen LogP contribution < -0.4 is 9.64 Å². The Hall–Kier alpha value is -3.45. The van der Waals surface area contributed by atoms with Crippen LogP contribution in [0, 0.1) is 0 Å². The van der Waals surface area contributed by atoms with Gasteiger partial charge in [0, 0.05) is 49.8 Å². The average molecular weight is 401 g/mol. The third kappa shape index (κ3) is 3.48. The zero-order valence-electron chi connectivity index (χ0n) is 16.9. The first-order chi connectivity index (χ1) is 14.8. The number of ether oxygens (including phenoxy) is 2. The molecule has 5 heterocycles. The smallest absolute Gasteiger partial charge is 0.222 e. The van der Waals surface area contributed by atoms with Crippen molar-refractivity contribution in [2.24, 2.45) is 0 Å². The van der Waals surface area contributed by atoms with Gasteiger partial charge in [0.2, 0.25) is 5.88 Å². The van der Waals surface area contributed by atoms with Crippen LogP contribution in [0.1, 0.15) is 5.56 Å². The Morgan fingerprint density at radius 2 is 1.90 bits per heavy atom. The number of hydrogen-bond acceptors (Lipinski definition) is 6. The first-order valence-corrected chi connectivity index (χ1v) is 10.0. The van der Waals surface area contributed by atoms with E-state index in [0.717, 1.165) is 47.6 Å². The van der Waals surface area contributed by atoms with Gasteiger partial charge in [-0.15, -0.1) is 0 Å². The normalized spacial score (nSPS) is 14.2. The quantitative estimate of drug-likeness (QED) is 0.511. The Kier molecular flexibility index (Phi) is 5.03. The van der Waals surface area contributed by atoms with E-state index in [1.54, 1.807) is 13.3 Å². The topological polar surface area (TPSA) is 65.3 Å². The fourth-order valence-corrected chi connectivity index (χ4v) is 3.90. The molecule has 0 N–H and O–H groups in total. The molecule has 4 aromatic heterocycles. The molecule has 0 bridgehead atoms. The van der Waals surface area contributed by atoms with Crippen molar-refractivity contribution in [3.63, 3.8) is 0 Å². The van der Waals surface area contributed by atoms with Crippen molar-refractivity contribution in [1.82, 2.24) is 19.5 Å². The Bertz CT molecular complexity index is 1150. The number of aromatic nitrogens is 4. The summed E-state index contributed by atoms with van der Waals surface area (Å²) in [5.41, 5.74) is 4.06. The number of anilines is 1. The molecule has 0 spiro atoms. The van der Waals surface area contributed by atoms with Crippen LogP contribution in [0.5, 0.6) is 5.88 Å². The molecule has 7 heteroatoms. The molecule has 0 atom stereocenters. The largest absolute Gasteiger partial charge is 0.481 e. The fourth-order valence-electron chi connectivity index (χ4n) is 3.90. The number of methoxy groups -OCH3 is 1. The predicted octanol–water partition coefficient (Wildman–Crippen LogP) is 3.39. The first kappa shape index (κ1) is 18.6. The van der Waals surface area contributed by atoms with Gasteiger partial charge < -0.3 is 18.9 Å². The number of hydrogen-bond donors (Lipinski definition) is 0. The molecule has 0 unspecified atom stereocenters. The second kappa shape index (κ2) is 8.12. The van der Waals surface area contributed by atoms with Crippen LogP contribution in [0.15, 0.2) is 61.2 Å². The number of nitrogens with zero attached hydrogens (tertiary/aromatic N) is 5. The summed E-state index contributed by atoms with van der Waals surface area (Å²) in [5, 5.41) is 1.14. The summed E-state index contributed by atoms with van der Waals surface area (Å²) >= 11 is 0. The molecule has 5 rings (SSSR count). The van der Waals surface area contributed by atoms with E-state index in [1.165, 1.54) is 5.56 Å². The van der Waals surface area contributed by atoms with Gasteiger partial charge in [0.15, 0.2) is 0 Å². The second-order valence-electron chi connectivity index (χ2n) is 7.22. The van der Waals surface area contributed by atoms with Gasteiger partial charge in [-0.05, 0) is 42.0 Å². The van der Waals surface area contributed by atoms with E-state index in [2.05, 4.69) is 37.8 Å². The number of rotatable bonds is 5. The highest BCUT2D eigenvalue weighted by molar-refractivity contribution is 5.94. The van der Waals surface area contributed by atoms with Crippen molar-refractivity contribution in [3.05, 3.63) is 66.7 Å². The molecule has 0 radical (unpaired) electrons. The van der Waals surface area contributed by atoms with Crippen LogP contribution in [0.4, 0.5) is 5.82 Å². The Morgan fingerprint density at radius 3 is 2.70 bits per heavy atom. The SMILES string of the molecule is COc1ncccc1-c1cc2c(ccn2Cc2ccncc2)c(N2CCOCC2)n1. The monoisotopic (exact) mass is 401 g/mol. The molecule has 152 valence electrons. The molecule has 0 amide bonds. The Morgan fingerprint density at radius 1 is 1.07 bits per heavy atom. The van der Waals surface area contributed by atoms with Gasteiger partial charge in [0.25, 0.3) is 0 Å². The molecule has 0 aliphatic carbocycles. The third-order valence-corrected chi connectivity index (χ3v) is 5.40. The van der Waals surface area contributed by atoms with Crippen molar-refractivity contribution in [2.75, 3.05) is 38.3 Å². The van der Waals surface area contributed by atoms with Crippen molar-refractivity contribution in [3.8, 4) is 17.1 Å². The van der Waals surface area contributed by atoms with Gasteiger partial charge in [-0.3, -0.25) is 4.98 Å². The molecule has 0 aromatic carbocycles. The van der Waals surface area contributed by atoms with Gasteiger partial charge in [-0.1, -0.05) is 0 Å². The van der Waals surface area contributed by atoms with Crippen molar-refractivity contribution < 1.29 is 9.47 Å². The second-order valence-corrected chi connectivity index (χ2v) is 7.22. The fraction of sp³-hybridized carbons (Fsp3) is 0.261. The molecular formula is C23H23N5O2. The number of pyridine rings is 3. The lowest BCUT2D eigenvalue weighted by Gasteiger charge is -2.29. The van der Waals surface area contributed by atoms with Crippen LogP contribution in [-0.2, 0) is 11.3 Å². The van der Waals surface area contributed by atoms with Gasteiger partial charge >= 0.3 is 0 Å². The van der Waals surface area contributed by atoms with Gasteiger partial charge in [0.1, 0.15) is 5.82 Å². The van der Waals surface area contributed by atoms with Crippen LogP contribution >= 0.6 is 0 Å². The zero-order chi connectivity index (χ0) is 20.3. The Labute approximate surface area is 174 Å². The van der Waals surface area contributed by atoms with E-state index in [4.69, 9.17) is 14.5 Å². The van der Waals surface area contributed by atoms with Crippen molar-refractivity contribution in [2.45, 2.75) is 6.54 Å². The maximum Gasteiger partial charge on any atom is 0.222 e. The summed E-state index contributed by atoms with van der Waals surface area (Å²) < 4.78 is 13.3. The molecule has 1 fully saturated rings. The maximum absolute atomic E-state index is 5.56. The standard InChI is InChI=1S/C23H23N5O2/c1-29-23-18(3-2-7-25-23)20-15-21-19(22(26-20)27-11-13-30-14-12-27)6-10-28(21)16-17-4-8-24-9-5-17/h2-10,15H,11-14,16H2,1H3. The molecule has 30 heavy (non-hydrogen) atoms. The van der Waals surface area contributed by atoms with E-state index in [-0.39, 0.29) is 0 Å². The van der Waals surface area contributed by atoms with Crippen molar-refractivity contribution >= 4 is 16.7 Å². The summed E-state index contributed by atoms with van der Waals surface area (Å²) in [5.74, 6) is 1.55. The maximum atomic E-state index is 5.56. The third-order valence-electron chi connectivity index (χ3n) is 5.40. The summed E-state index contributed by atoms with van der Waals surface area (Å²) in [6.07, 6.45) is 7.51. The lowest BCUT2D eigenvalue weighted by atomic mass is 10.1. The predicted molar refractivity (Wildman–Crippen MR) is 116 cm³/mol. The molecule has 1 aliphatic heterocycles. The first-order valence-electron chi connectivity index (χ1n) is 10.0. The van der Waals surface area contributed by atoms with E-state index in [0.29, 0.717) is 19.1 Å².